The Morgan fingerprint density at radius 2 is 1.76 bits per heavy atom. The number of aliphatic hydroxyl groups excluding tert-OH is 1. The van der Waals surface area contributed by atoms with Crippen molar-refractivity contribution in [2.45, 2.75) is 43.9 Å². The molecular weight excluding hydrogens is 422 g/mol. The van der Waals surface area contributed by atoms with E-state index in [9.17, 15) is 5.11 Å². The maximum absolute atomic E-state index is 9.40. The van der Waals surface area contributed by atoms with Crippen LogP contribution in [0, 0.1) is 0 Å². The van der Waals surface area contributed by atoms with E-state index < -0.39 is 0 Å². The normalized spacial score (nSPS) is 17.7. The summed E-state index contributed by atoms with van der Waals surface area (Å²) >= 11 is 0. The summed E-state index contributed by atoms with van der Waals surface area (Å²) in [5.74, 6) is 2.63. The zero-order valence-corrected chi connectivity index (χ0v) is 21.0. The zero-order chi connectivity index (χ0) is 23.9. The number of likely N-dealkylation sites (N-methyl/N-ethyl adjacent to an activating group) is 1. The van der Waals surface area contributed by atoms with Gasteiger partial charge in [0.15, 0.2) is 0 Å². The van der Waals surface area contributed by atoms with Crippen molar-refractivity contribution in [3.63, 3.8) is 0 Å². The van der Waals surface area contributed by atoms with Crippen LogP contribution in [0.15, 0.2) is 42.5 Å². The summed E-state index contributed by atoms with van der Waals surface area (Å²) in [4.78, 5) is 17.0. The van der Waals surface area contributed by atoms with Crippen molar-refractivity contribution in [3.05, 3.63) is 53.9 Å². The van der Waals surface area contributed by atoms with Gasteiger partial charge in [-0.2, -0.15) is 0 Å². The minimum Gasteiger partial charge on any atom is -0.395 e. The summed E-state index contributed by atoms with van der Waals surface area (Å²) in [7, 11) is 6.28. The van der Waals surface area contributed by atoms with Gasteiger partial charge in [-0.3, -0.25) is 0 Å². The number of anilines is 3. The highest BCUT2D eigenvalue weighted by Gasteiger charge is 2.42. The molecule has 3 aromatic rings. The maximum atomic E-state index is 9.40. The van der Waals surface area contributed by atoms with Gasteiger partial charge in [0, 0.05) is 63.0 Å². The fourth-order valence-electron chi connectivity index (χ4n) is 5.18. The molecule has 5 rings (SSSR count). The molecule has 1 aromatic heterocycles. The average molecular weight is 460 g/mol. The third-order valence-electron chi connectivity index (χ3n) is 7.73. The predicted molar refractivity (Wildman–Crippen MR) is 141 cm³/mol. The summed E-state index contributed by atoms with van der Waals surface area (Å²) in [6.07, 6.45) is 4.57. The lowest BCUT2D eigenvalue weighted by atomic mass is 9.88. The fourth-order valence-corrected chi connectivity index (χ4v) is 5.18. The number of aromatic nitrogens is 2. The van der Waals surface area contributed by atoms with Crippen LogP contribution in [0.5, 0.6) is 0 Å². The smallest absolute Gasteiger partial charge is 0.140 e. The van der Waals surface area contributed by atoms with E-state index in [4.69, 9.17) is 9.97 Å². The van der Waals surface area contributed by atoms with Crippen LogP contribution in [0.25, 0.3) is 10.9 Å². The molecule has 0 atom stereocenters. The van der Waals surface area contributed by atoms with E-state index in [2.05, 4.69) is 78.2 Å². The Morgan fingerprint density at radius 3 is 2.44 bits per heavy atom. The van der Waals surface area contributed by atoms with Crippen molar-refractivity contribution >= 4 is 28.1 Å². The number of nitrogens with zero attached hydrogens (tertiary/aromatic N) is 5. The van der Waals surface area contributed by atoms with E-state index in [-0.39, 0.29) is 12.0 Å². The Morgan fingerprint density at radius 1 is 1.03 bits per heavy atom. The number of hydrogen-bond acceptors (Lipinski definition) is 6. The Balaban J connectivity index is 1.47. The van der Waals surface area contributed by atoms with E-state index in [0.717, 1.165) is 54.2 Å². The van der Waals surface area contributed by atoms with E-state index in [0.29, 0.717) is 12.5 Å². The van der Waals surface area contributed by atoms with Gasteiger partial charge in [-0.1, -0.05) is 25.1 Å². The molecule has 34 heavy (non-hydrogen) atoms. The van der Waals surface area contributed by atoms with Crippen LogP contribution < -0.4 is 14.7 Å². The first kappa shape index (κ1) is 22.9. The van der Waals surface area contributed by atoms with Crippen LogP contribution in [0.1, 0.15) is 49.9 Å². The van der Waals surface area contributed by atoms with Gasteiger partial charge in [0.25, 0.3) is 0 Å². The maximum Gasteiger partial charge on any atom is 0.140 e. The number of aliphatic hydroxyl groups is 1. The van der Waals surface area contributed by atoms with E-state index in [1.165, 1.54) is 24.1 Å². The van der Waals surface area contributed by atoms with E-state index in [1.807, 2.05) is 7.05 Å². The number of para-hydroxylation sites is 1. The van der Waals surface area contributed by atoms with E-state index >= 15 is 0 Å². The summed E-state index contributed by atoms with van der Waals surface area (Å²) in [6, 6.07) is 15.3. The van der Waals surface area contributed by atoms with Gasteiger partial charge in [-0.25, -0.2) is 9.97 Å². The minimum atomic E-state index is 0.123. The fraction of sp³-hybridized carbons (Fsp3) is 0.500. The highest BCUT2D eigenvalue weighted by molar-refractivity contribution is 5.92. The van der Waals surface area contributed by atoms with Gasteiger partial charge < -0.3 is 19.8 Å². The number of fused-ring (bicyclic) bond motifs is 1. The van der Waals surface area contributed by atoms with Crippen LogP contribution in [-0.2, 0) is 5.41 Å². The van der Waals surface area contributed by atoms with E-state index in [1.54, 1.807) is 0 Å². The van der Waals surface area contributed by atoms with Crippen LogP contribution in [0.2, 0.25) is 0 Å². The van der Waals surface area contributed by atoms with Gasteiger partial charge in [0.1, 0.15) is 11.6 Å². The molecule has 2 heterocycles. The first-order chi connectivity index (χ1) is 16.4. The van der Waals surface area contributed by atoms with Gasteiger partial charge in [0.05, 0.1) is 12.1 Å². The summed E-state index contributed by atoms with van der Waals surface area (Å²) in [5.41, 5.74) is 5.02. The number of hydrogen-bond donors (Lipinski definition) is 1. The molecule has 0 radical (unpaired) electrons. The number of rotatable bonds is 7. The highest BCUT2D eigenvalue weighted by atomic mass is 16.3. The summed E-state index contributed by atoms with van der Waals surface area (Å²) in [5, 5.41) is 10.5. The van der Waals surface area contributed by atoms with Crippen molar-refractivity contribution < 1.29 is 5.11 Å². The number of benzene rings is 2. The van der Waals surface area contributed by atoms with Gasteiger partial charge in [-0.15, -0.1) is 0 Å². The molecule has 0 amide bonds. The monoisotopic (exact) mass is 459 g/mol. The van der Waals surface area contributed by atoms with Crippen LogP contribution >= 0.6 is 0 Å². The Hall–Kier alpha value is -2.86. The Bertz CT molecular complexity index is 1160. The Labute approximate surface area is 203 Å². The van der Waals surface area contributed by atoms with Crippen LogP contribution in [0.4, 0.5) is 17.2 Å². The van der Waals surface area contributed by atoms with Gasteiger partial charge in [0.2, 0.25) is 0 Å². The first-order valence-electron chi connectivity index (χ1n) is 12.5. The van der Waals surface area contributed by atoms with Crippen LogP contribution in [0.3, 0.4) is 0 Å². The molecular formula is C28H37N5O. The first-order valence-corrected chi connectivity index (χ1v) is 12.5. The molecule has 1 saturated carbocycles. The molecule has 6 nitrogen and oxygen atoms in total. The molecule has 180 valence electrons. The zero-order valence-electron chi connectivity index (χ0n) is 21.0. The molecule has 2 aromatic carbocycles. The molecule has 2 aliphatic rings. The standard InChI is InChI=1S/C28H37N5O/c1-28(13-14-28)27-29-24-10-9-21(32(4)17-18-34)19-23(24)26(30-27)33-15-11-20(12-16-33)22-7-5-6-8-25(22)31(2)3/h5-10,19-20,34H,11-18H2,1-4H3. The molecule has 1 saturated heterocycles. The van der Waals surface area contributed by atoms with Crippen molar-refractivity contribution in [2.75, 3.05) is 62.1 Å². The Kier molecular flexibility index (Phi) is 6.11. The average Bonchev–Trinajstić information content (AvgIpc) is 3.61. The third kappa shape index (κ3) is 4.31. The lowest BCUT2D eigenvalue weighted by molar-refractivity contribution is 0.304. The van der Waals surface area contributed by atoms with Crippen molar-refractivity contribution in [1.29, 1.82) is 0 Å². The van der Waals surface area contributed by atoms with Crippen molar-refractivity contribution in [3.8, 4) is 0 Å². The third-order valence-corrected chi connectivity index (χ3v) is 7.73. The summed E-state index contributed by atoms with van der Waals surface area (Å²) < 4.78 is 0. The topological polar surface area (TPSA) is 55.7 Å². The molecule has 0 unspecified atom stereocenters. The molecule has 1 N–H and O–H groups in total. The predicted octanol–water partition coefficient (Wildman–Crippen LogP) is 4.56. The second kappa shape index (κ2) is 9.06. The summed E-state index contributed by atoms with van der Waals surface area (Å²) in [6.45, 7) is 5.01. The SMILES string of the molecule is CN(C)c1ccccc1C1CCN(c2nc(C3(C)CC3)nc3ccc(N(C)CCO)cc23)CC1. The number of piperidine rings is 1. The lowest BCUT2D eigenvalue weighted by Gasteiger charge is -2.35. The second-order valence-electron chi connectivity index (χ2n) is 10.5. The minimum absolute atomic E-state index is 0.123. The van der Waals surface area contributed by atoms with Gasteiger partial charge in [-0.05, 0) is 61.4 Å². The lowest BCUT2D eigenvalue weighted by Crippen LogP contribution is -2.34. The van der Waals surface area contributed by atoms with Crippen molar-refractivity contribution in [2.24, 2.45) is 0 Å². The van der Waals surface area contributed by atoms with Crippen LogP contribution in [-0.4, -0.2) is 62.5 Å². The quantitative estimate of drug-likeness (QED) is 0.559. The molecule has 1 aliphatic carbocycles. The molecule has 0 spiro atoms. The van der Waals surface area contributed by atoms with Gasteiger partial charge >= 0.3 is 0 Å². The molecule has 2 fully saturated rings. The molecule has 1 aliphatic heterocycles. The largest absolute Gasteiger partial charge is 0.395 e. The second-order valence-corrected chi connectivity index (χ2v) is 10.5. The molecule has 0 bridgehead atoms. The molecule has 6 heteroatoms. The highest BCUT2D eigenvalue weighted by Crippen LogP contribution is 2.47. The van der Waals surface area contributed by atoms with Crippen molar-refractivity contribution in [1.82, 2.24) is 9.97 Å².